The highest BCUT2D eigenvalue weighted by molar-refractivity contribution is 5.75. The number of amides is 2. The monoisotopic (exact) mass is 288 g/mol. The number of nitrogens with one attached hydrogen (secondary N) is 1. The van der Waals surface area contributed by atoms with Crippen molar-refractivity contribution in [2.45, 2.75) is 52.6 Å². The number of methoxy groups -OCH3 is 1. The first kappa shape index (κ1) is 18.7. The van der Waals surface area contributed by atoms with Crippen LogP contribution in [0.4, 0.5) is 4.79 Å². The van der Waals surface area contributed by atoms with Crippen LogP contribution in [0.25, 0.3) is 0 Å². The molecule has 0 aromatic carbocycles. The average molecular weight is 288 g/mol. The minimum Gasteiger partial charge on any atom is -0.481 e. The van der Waals surface area contributed by atoms with Crippen LogP contribution in [0.15, 0.2) is 0 Å². The molecule has 0 aromatic rings. The summed E-state index contributed by atoms with van der Waals surface area (Å²) in [5.41, 5.74) is 0. The molecule has 20 heavy (non-hydrogen) atoms. The van der Waals surface area contributed by atoms with Gasteiger partial charge >= 0.3 is 12.0 Å². The molecule has 6 nitrogen and oxygen atoms in total. The highest BCUT2D eigenvalue weighted by Gasteiger charge is 2.22. The fourth-order valence-corrected chi connectivity index (χ4v) is 1.82. The Hall–Kier alpha value is -1.30. The lowest BCUT2D eigenvalue weighted by Gasteiger charge is -2.30. The Kier molecular flexibility index (Phi) is 8.96. The third-order valence-corrected chi connectivity index (χ3v) is 3.13. The van der Waals surface area contributed by atoms with Crippen molar-refractivity contribution < 1.29 is 19.4 Å². The van der Waals surface area contributed by atoms with Gasteiger partial charge in [-0.15, -0.1) is 0 Å². The fraction of sp³-hybridized carbons (Fsp3) is 0.857. The number of carbonyl (C=O) groups excluding carboxylic acids is 1. The van der Waals surface area contributed by atoms with E-state index in [1.54, 1.807) is 12.0 Å². The van der Waals surface area contributed by atoms with Crippen molar-refractivity contribution in [1.29, 1.82) is 0 Å². The van der Waals surface area contributed by atoms with Crippen LogP contribution < -0.4 is 5.32 Å². The van der Waals surface area contributed by atoms with Crippen LogP contribution in [0.3, 0.4) is 0 Å². The summed E-state index contributed by atoms with van der Waals surface area (Å²) < 4.78 is 5.11. The Labute approximate surface area is 121 Å². The quantitative estimate of drug-likeness (QED) is 0.679. The van der Waals surface area contributed by atoms with Crippen molar-refractivity contribution in [2.75, 3.05) is 20.3 Å². The van der Waals surface area contributed by atoms with Crippen molar-refractivity contribution in [2.24, 2.45) is 5.92 Å². The number of carboxylic acids is 1. The van der Waals surface area contributed by atoms with Crippen molar-refractivity contribution in [3.63, 3.8) is 0 Å². The molecule has 0 radical (unpaired) electrons. The largest absolute Gasteiger partial charge is 0.481 e. The minimum atomic E-state index is -0.839. The number of hydrogen-bond acceptors (Lipinski definition) is 3. The molecule has 0 spiro atoms. The van der Waals surface area contributed by atoms with E-state index in [2.05, 4.69) is 5.32 Å². The van der Waals surface area contributed by atoms with Gasteiger partial charge in [-0.3, -0.25) is 4.79 Å². The highest BCUT2D eigenvalue weighted by atomic mass is 16.5. The zero-order chi connectivity index (χ0) is 15.7. The third-order valence-electron chi connectivity index (χ3n) is 3.13. The topological polar surface area (TPSA) is 78.9 Å². The number of aliphatic carboxylic acids is 1. The molecule has 0 fully saturated rings. The summed E-state index contributed by atoms with van der Waals surface area (Å²) in [7, 11) is 1.61. The van der Waals surface area contributed by atoms with Crippen LogP contribution >= 0.6 is 0 Å². The van der Waals surface area contributed by atoms with Gasteiger partial charge in [0.1, 0.15) is 0 Å². The van der Waals surface area contributed by atoms with Crippen molar-refractivity contribution in [1.82, 2.24) is 10.2 Å². The van der Waals surface area contributed by atoms with Crippen LogP contribution in [0, 0.1) is 5.92 Å². The van der Waals surface area contributed by atoms with Crippen LogP contribution in [0.5, 0.6) is 0 Å². The predicted octanol–water partition coefficient (Wildman–Crippen LogP) is 1.94. The van der Waals surface area contributed by atoms with Gasteiger partial charge in [0, 0.05) is 26.1 Å². The van der Waals surface area contributed by atoms with E-state index in [1.165, 1.54) is 0 Å². The van der Waals surface area contributed by atoms with Gasteiger partial charge in [0.25, 0.3) is 0 Å². The number of nitrogens with zero attached hydrogens (tertiary/aromatic N) is 1. The molecule has 1 unspecified atom stereocenters. The Morgan fingerprint density at radius 2 is 1.85 bits per heavy atom. The first-order valence-corrected chi connectivity index (χ1v) is 7.07. The Morgan fingerprint density at radius 3 is 2.25 bits per heavy atom. The molecule has 0 saturated heterocycles. The van der Waals surface area contributed by atoms with Gasteiger partial charge in [-0.1, -0.05) is 13.8 Å². The molecule has 0 bridgehead atoms. The van der Waals surface area contributed by atoms with Gasteiger partial charge in [-0.25, -0.2) is 4.79 Å². The molecule has 0 aromatic heterocycles. The van der Waals surface area contributed by atoms with Crippen LogP contribution in [0.1, 0.15) is 40.5 Å². The summed E-state index contributed by atoms with van der Waals surface area (Å²) >= 11 is 0. The van der Waals surface area contributed by atoms with E-state index in [-0.39, 0.29) is 30.5 Å². The number of ether oxygens (including phenoxy) is 1. The Bertz CT molecular complexity index is 306. The molecule has 0 saturated carbocycles. The third kappa shape index (κ3) is 7.33. The van der Waals surface area contributed by atoms with Crippen molar-refractivity contribution in [3.05, 3.63) is 0 Å². The van der Waals surface area contributed by atoms with E-state index in [0.717, 1.165) is 0 Å². The molecule has 2 N–H and O–H groups in total. The Morgan fingerprint density at radius 1 is 1.25 bits per heavy atom. The number of rotatable bonds is 9. The molecule has 118 valence electrons. The minimum absolute atomic E-state index is 0.0270. The molecule has 0 heterocycles. The SMILES string of the molecule is COCC(NC(=O)N(CCCC(=O)O)C(C)C)C(C)C. The van der Waals surface area contributed by atoms with Gasteiger partial charge in [0.05, 0.1) is 12.6 Å². The predicted molar refractivity (Wildman–Crippen MR) is 77.7 cm³/mol. The van der Waals surface area contributed by atoms with E-state index < -0.39 is 5.97 Å². The number of carboxylic acid groups (broad SMARTS) is 1. The first-order valence-electron chi connectivity index (χ1n) is 7.07. The van der Waals surface area contributed by atoms with Crippen molar-refractivity contribution >= 4 is 12.0 Å². The molecular weight excluding hydrogens is 260 g/mol. The second kappa shape index (κ2) is 9.58. The molecule has 2 amide bonds. The maximum absolute atomic E-state index is 12.3. The normalized spacial score (nSPS) is 12.6. The van der Waals surface area contributed by atoms with E-state index in [1.807, 2.05) is 27.7 Å². The van der Waals surface area contributed by atoms with Gasteiger partial charge in [-0.2, -0.15) is 0 Å². The molecule has 0 aliphatic rings. The molecule has 0 aliphatic carbocycles. The van der Waals surface area contributed by atoms with E-state index in [0.29, 0.717) is 19.6 Å². The zero-order valence-corrected chi connectivity index (χ0v) is 13.2. The van der Waals surface area contributed by atoms with E-state index in [4.69, 9.17) is 9.84 Å². The summed E-state index contributed by atoms with van der Waals surface area (Å²) in [5, 5.41) is 11.6. The van der Waals surface area contributed by atoms with Gasteiger partial charge < -0.3 is 20.1 Å². The van der Waals surface area contributed by atoms with Gasteiger partial charge in [-0.05, 0) is 26.2 Å². The molecule has 0 aliphatic heterocycles. The van der Waals surface area contributed by atoms with Crippen molar-refractivity contribution in [3.8, 4) is 0 Å². The maximum atomic E-state index is 12.3. The lowest BCUT2D eigenvalue weighted by atomic mass is 10.1. The van der Waals surface area contributed by atoms with E-state index >= 15 is 0 Å². The summed E-state index contributed by atoms with van der Waals surface area (Å²) in [6.07, 6.45) is 0.528. The number of carbonyl (C=O) groups is 2. The summed E-state index contributed by atoms with van der Waals surface area (Å²) in [4.78, 5) is 24.5. The summed E-state index contributed by atoms with van der Waals surface area (Å²) in [6.45, 7) is 8.78. The van der Waals surface area contributed by atoms with Crippen LogP contribution in [-0.4, -0.2) is 54.4 Å². The smallest absolute Gasteiger partial charge is 0.317 e. The number of hydrogen-bond donors (Lipinski definition) is 2. The molecule has 6 heteroatoms. The summed E-state index contributed by atoms with van der Waals surface area (Å²) in [6, 6.07) is -0.187. The standard InChI is InChI=1S/C14H28N2O4/c1-10(2)12(9-20-5)15-14(19)16(11(3)4)8-6-7-13(17)18/h10-12H,6-9H2,1-5H3,(H,15,19)(H,17,18). The highest BCUT2D eigenvalue weighted by Crippen LogP contribution is 2.07. The van der Waals surface area contributed by atoms with E-state index in [9.17, 15) is 9.59 Å². The molecule has 1 atom stereocenters. The number of urea groups is 1. The second-order valence-electron chi connectivity index (χ2n) is 5.54. The van der Waals surface area contributed by atoms with Crippen LogP contribution in [0.2, 0.25) is 0 Å². The lowest BCUT2D eigenvalue weighted by Crippen LogP contribution is -2.50. The fourth-order valence-electron chi connectivity index (χ4n) is 1.82. The lowest BCUT2D eigenvalue weighted by molar-refractivity contribution is -0.137. The summed E-state index contributed by atoms with van der Waals surface area (Å²) in [5.74, 6) is -0.569. The maximum Gasteiger partial charge on any atom is 0.317 e. The molecular formula is C14H28N2O4. The van der Waals surface area contributed by atoms with Gasteiger partial charge in [0.15, 0.2) is 0 Å². The molecule has 0 rings (SSSR count). The average Bonchev–Trinajstić information content (AvgIpc) is 2.32. The van der Waals surface area contributed by atoms with Crippen LogP contribution in [-0.2, 0) is 9.53 Å². The van der Waals surface area contributed by atoms with Gasteiger partial charge in [0.2, 0.25) is 0 Å². The first-order chi connectivity index (χ1) is 9.29. The zero-order valence-electron chi connectivity index (χ0n) is 13.2. The second-order valence-corrected chi connectivity index (χ2v) is 5.54. The Balaban J connectivity index is 4.50.